The largest absolute Gasteiger partial charge is 0.457 e. The summed E-state index contributed by atoms with van der Waals surface area (Å²) >= 11 is 0. The number of para-hydroxylation sites is 1. The van der Waals surface area contributed by atoms with Crippen LogP contribution in [0.5, 0.6) is 0 Å². The number of nitriles is 1. The number of nitrogens with zero attached hydrogens (tertiary/aromatic N) is 4. The lowest BCUT2D eigenvalue weighted by Gasteiger charge is -2.16. The van der Waals surface area contributed by atoms with Gasteiger partial charge in [0.1, 0.15) is 13.2 Å². The predicted molar refractivity (Wildman–Crippen MR) is 116 cm³/mol. The molecule has 2 aromatic carbocycles. The van der Waals surface area contributed by atoms with Gasteiger partial charge >= 0.3 is 5.97 Å². The topological polar surface area (TPSA) is 105 Å². The van der Waals surface area contributed by atoms with Gasteiger partial charge in [-0.25, -0.2) is 4.98 Å². The lowest BCUT2D eigenvalue weighted by molar-refractivity contribution is -0.150. The molecule has 1 saturated heterocycles. The number of hydrogen-bond acceptors (Lipinski definition) is 6. The van der Waals surface area contributed by atoms with Gasteiger partial charge in [-0.2, -0.15) is 5.26 Å². The van der Waals surface area contributed by atoms with Crippen LogP contribution >= 0.6 is 0 Å². The van der Waals surface area contributed by atoms with Gasteiger partial charge in [0.15, 0.2) is 5.82 Å². The van der Waals surface area contributed by atoms with Crippen molar-refractivity contribution in [3.8, 4) is 6.07 Å². The highest BCUT2D eigenvalue weighted by Crippen LogP contribution is 2.20. The number of rotatable bonds is 7. The van der Waals surface area contributed by atoms with Crippen LogP contribution in [0.2, 0.25) is 0 Å². The van der Waals surface area contributed by atoms with E-state index in [-0.39, 0.29) is 36.9 Å². The molecule has 8 nitrogen and oxygen atoms in total. The first-order valence-electron chi connectivity index (χ1n) is 10.4. The third-order valence-electron chi connectivity index (χ3n) is 5.57. The fourth-order valence-corrected chi connectivity index (χ4v) is 3.87. The van der Waals surface area contributed by atoms with Gasteiger partial charge in [0.05, 0.1) is 22.9 Å². The molecule has 1 aromatic heterocycles. The van der Waals surface area contributed by atoms with Crippen molar-refractivity contribution in [3.63, 3.8) is 0 Å². The number of benzene rings is 2. The van der Waals surface area contributed by atoms with Crippen molar-refractivity contribution in [3.05, 3.63) is 76.3 Å². The maximum absolute atomic E-state index is 12.7. The van der Waals surface area contributed by atoms with E-state index in [2.05, 4.69) is 4.98 Å². The highest BCUT2D eigenvalue weighted by molar-refractivity contribution is 5.86. The zero-order valence-electron chi connectivity index (χ0n) is 17.4. The highest BCUT2D eigenvalue weighted by atomic mass is 16.5. The quantitative estimate of drug-likeness (QED) is 0.531. The van der Waals surface area contributed by atoms with Crippen LogP contribution in [0.3, 0.4) is 0 Å². The van der Waals surface area contributed by atoms with Crippen molar-refractivity contribution in [2.45, 2.75) is 26.0 Å². The summed E-state index contributed by atoms with van der Waals surface area (Å²) in [5.41, 5.74) is 1.25. The van der Waals surface area contributed by atoms with Gasteiger partial charge in [-0.1, -0.05) is 42.5 Å². The zero-order chi connectivity index (χ0) is 22.5. The average molecular weight is 430 g/mol. The van der Waals surface area contributed by atoms with Crippen molar-refractivity contribution in [2.75, 3.05) is 13.1 Å². The Morgan fingerprint density at radius 3 is 2.66 bits per heavy atom. The molecule has 162 valence electrons. The number of carbonyl (C=O) groups is 2. The van der Waals surface area contributed by atoms with E-state index in [4.69, 9.17) is 10.00 Å². The van der Waals surface area contributed by atoms with Gasteiger partial charge in [-0.15, -0.1) is 0 Å². The fourth-order valence-electron chi connectivity index (χ4n) is 3.87. The lowest BCUT2D eigenvalue weighted by atomic mass is 10.1. The van der Waals surface area contributed by atoms with Crippen LogP contribution in [-0.4, -0.2) is 39.4 Å². The first-order valence-corrected chi connectivity index (χ1v) is 10.4. The molecular formula is C24H22N4O4. The molecule has 8 heteroatoms. The first-order chi connectivity index (χ1) is 15.6. The van der Waals surface area contributed by atoms with E-state index >= 15 is 0 Å². The summed E-state index contributed by atoms with van der Waals surface area (Å²) in [4.78, 5) is 43.7. The van der Waals surface area contributed by atoms with E-state index in [1.807, 2.05) is 36.4 Å². The number of carbonyl (C=O) groups excluding carboxylic acids is 2. The molecule has 0 unspecified atom stereocenters. The van der Waals surface area contributed by atoms with Crippen molar-refractivity contribution < 1.29 is 14.3 Å². The normalized spacial score (nSPS) is 15.7. The zero-order valence-corrected chi connectivity index (χ0v) is 17.4. The maximum atomic E-state index is 12.7. The second kappa shape index (κ2) is 9.43. The molecule has 1 aliphatic heterocycles. The second-order valence-electron chi connectivity index (χ2n) is 7.68. The number of hydrogen-bond donors (Lipinski definition) is 0. The standard InChI is InChI=1S/C24H22N4O4/c25-11-13-28-21(26-20-9-5-4-8-19(20)23(28)30)16-32-24(31)18-14-22(29)27(15-18)12-10-17-6-2-1-3-7-17/h1-9,18H,10,12-16H2/t18-/m0/s1. The van der Waals surface area contributed by atoms with Gasteiger partial charge in [0.2, 0.25) is 5.91 Å². The molecule has 0 saturated carbocycles. The molecule has 0 spiro atoms. The Hall–Kier alpha value is -3.99. The molecule has 0 N–H and O–H groups in total. The highest BCUT2D eigenvalue weighted by Gasteiger charge is 2.35. The lowest BCUT2D eigenvalue weighted by Crippen LogP contribution is -2.29. The number of fused-ring (bicyclic) bond motifs is 1. The van der Waals surface area contributed by atoms with Crippen molar-refractivity contribution in [1.29, 1.82) is 5.26 Å². The maximum Gasteiger partial charge on any atom is 0.311 e. The number of aromatic nitrogens is 2. The predicted octanol–water partition coefficient (Wildman–Crippen LogP) is 2.05. The van der Waals surface area contributed by atoms with Crippen LogP contribution in [0.4, 0.5) is 0 Å². The molecule has 1 fully saturated rings. The van der Waals surface area contributed by atoms with Crippen LogP contribution in [-0.2, 0) is 33.9 Å². The number of esters is 1. The molecule has 2 heterocycles. The molecule has 1 aliphatic rings. The van der Waals surface area contributed by atoms with Crippen molar-refractivity contribution in [1.82, 2.24) is 14.5 Å². The van der Waals surface area contributed by atoms with Crippen LogP contribution < -0.4 is 5.56 Å². The first kappa shape index (κ1) is 21.2. The van der Waals surface area contributed by atoms with Gasteiger partial charge < -0.3 is 9.64 Å². The molecule has 0 aliphatic carbocycles. The van der Waals surface area contributed by atoms with Crippen LogP contribution in [0.25, 0.3) is 10.9 Å². The fraction of sp³-hybridized carbons (Fsp3) is 0.292. The molecule has 0 radical (unpaired) electrons. The summed E-state index contributed by atoms with van der Waals surface area (Å²) in [5.74, 6) is -0.941. The number of ether oxygens (including phenoxy) is 1. The molecule has 1 atom stereocenters. The minimum absolute atomic E-state index is 0.0758. The van der Waals surface area contributed by atoms with Gasteiger partial charge in [0, 0.05) is 19.5 Å². The van der Waals surface area contributed by atoms with Gasteiger partial charge in [-0.3, -0.25) is 19.0 Å². The Labute approximate surface area is 184 Å². The van der Waals surface area contributed by atoms with E-state index in [0.717, 1.165) is 12.0 Å². The third kappa shape index (κ3) is 4.52. The SMILES string of the molecule is N#CCn1c(COC(=O)[C@H]2CC(=O)N(CCc3ccccc3)C2)nc2ccccc2c1=O. The van der Waals surface area contributed by atoms with E-state index < -0.39 is 11.9 Å². The van der Waals surface area contributed by atoms with E-state index in [9.17, 15) is 14.4 Å². The number of likely N-dealkylation sites (tertiary alicyclic amines) is 1. The Morgan fingerprint density at radius 1 is 1.12 bits per heavy atom. The van der Waals surface area contributed by atoms with Crippen molar-refractivity contribution >= 4 is 22.8 Å². The van der Waals surface area contributed by atoms with E-state index in [1.165, 1.54) is 4.57 Å². The monoisotopic (exact) mass is 430 g/mol. The molecule has 32 heavy (non-hydrogen) atoms. The Morgan fingerprint density at radius 2 is 1.88 bits per heavy atom. The summed E-state index contributed by atoms with van der Waals surface area (Å²) in [6, 6.07) is 18.6. The summed E-state index contributed by atoms with van der Waals surface area (Å²) in [7, 11) is 0. The minimum Gasteiger partial charge on any atom is -0.457 e. The Balaban J connectivity index is 1.41. The number of amides is 1. The summed E-state index contributed by atoms with van der Waals surface area (Å²) in [6.07, 6.45) is 0.819. The minimum atomic E-state index is -0.560. The molecule has 3 aromatic rings. The third-order valence-corrected chi connectivity index (χ3v) is 5.57. The average Bonchev–Trinajstić information content (AvgIpc) is 3.19. The van der Waals surface area contributed by atoms with Crippen molar-refractivity contribution in [2.24, 2.45) is 5.92 Å². The molecule has 4 rings (SSSR count). The summed E-state index contributed by atoms with van der Waals surface area (Å²) in [6.45, 7) is 0.412. The Kier molecular flexibility index (Phi) is 6.26. The second-order valence-corrected chi connectivity index (χ2v) is 7.68. The van der Waals surface area contributed by atoms with Crippen LogP contribution in [0.1, 0.15) is 17.8 Å². The van der Waals surface area contributed by atoms with Gasteiger partial charge in [0.25, 0.3) is 5.56 Å². The van der Waals surface area contributed by atoms with Crippen LogP contribution in [0, 0.1) is 17.2 Å². The van der Waals surface area contributed by atoms with E-state index in [0.29, 0.717) is 24.0 Å². The van der Waals surface area contributed by atoms with Crippen LogP contribution in [0.15, 0.2) is 59.4 Å². The smallest absolute Gasteiger partial charge is 0.311 e. The van der Waals surface area contributed by atoms with E-state index in [1.54, 1.807) is 29.2 Å². The molecule has 0 bridgehead atoms. The molecular weight excluding hydrogens is 408 g/mol. The molecule has 1 amide bonds. The summed E-state index contributed by atoms with van der Waals surface area (Å²) in [5, 5.41) is 9.49. The van der Waals surface area contributed by atoms with Gasteiger partial charge in [-0.05, 0) is 24.1 Å². The Bertz CT molecular complexity index is 1250. The summed E-state index contributed by atoms with van der Waals surface area (Å²) < 4.78 is 6.62.